The Kier molecular flexibility index (Phi) is 8.89. The highest BCUT2D eigenvalue weighted by Gasteiger charge is 2.56. The molecule has 15 heteroatoms. The Bertz CT molecular complexity index is 1960. The van der Waals surface area contributed by atoms with Crippen molar-refractivity contribution in [1.82, 2.24) is 4.57 Å². The minimum absolute atomic E-state index is 0.0939. The van der Waals surface area contributed by atoms with E-state index in [0.29, 0.717) is 15.5 Å². The third-order valence-corrected chi connectivity index (χ3v) is 10.8. The second-order valence-corrected chi connectivity index (χ2v) is 13.7. The van der Waals surface area contributed by atoms with Crippen LogP contribution in [0.2, 0.25) is 0 Å². The largest absolute Gasteiger partial charge is 0.462 e. The number of ether oxygens (including phenoxy) is 1. The molecule has 3 atom stereocenters. The van der Waals surface area contributed by atoms with Gasteiger partial charge in [0.15, 0.2) is 0 Å². The fourth-order valence-electron chi connectivity index (χ4n) is 5.62. The Labute approximate surface area is 281 Å². The van der Waals surface area contributed by atoms with Crippen molar-refractivity contribution in [3.8, 4) is 0 Å². The quantitative estimate of drug-likeness (QED) is 0.174. The molecule has 1 N–H and O–H groups in total. The first-order valence-corrected chi connectivity index (χ1v) is 16.6. The van der Waals surface area contributed by atoms with Gasteiger partial charge in [-0.05, 0) is 67.1 Å². The number of nitrogens with zero attached hydrogens (tertiary/aromatic N) is 2. The summed E-state index contributed by atoms with van der Waals surface area (Å²) in [6, 6.07) is 17.2. The van der Waals surface area contributed by atoms with Crippen molar-refractivity contribution in [2.45, 2.75) is 35.8 Å². The van der Waals surface area contributed by atoms with E-state index in [-0.39, 0.29) is 23.5 Å². The van der Waals surface area contributed by atoms with Crippen molar-refractivity contribution >= 4 is 74.1 Å². The van der Waals surface area contributed by atoms with Gasteiger partial charge in [-0.1, -0.05) is 57.2 Å². The summed E-state index contributed by atoms with van der Waals surface area (Å²) in [7, 11) is 0. The number of benzene rings is 3. The molecule has 1 saturated heterocycles. The molecule has 0 saturated carbocycles. The maximum absolute atomic E-state index is 14.1. The van der Waals surface area contributed by atoms with Gasteiger partial charge in [0, 0.05) is 21.0 Å². The van der Waals surface area contributed by atoms with Crippen LogP contribution in [-0.2, 0) is 31.8 Å². The predicted octanol–water partition coefficient (Wildman–Crippen LogP) is 6.30. The lowest BCUT2D eigenvalue weighted by atomic mass is 9.83. The summed E-state index contributed by atoms with van der Waals surface area (Å²) in [5.41, 5.74) is 0.155. The highest BCUT2D eigenvalue weighted by atomic mass is 79.9. The predicted molar refractivity (Wildman–Crippen MR) is 173 cm³/mol. The van der Waals surface area contributed by atoms with E-state index in [1.807, 2.05) is 0 Å². The van der Waals surface area contributed by atoms with Crippen LogP contribution < -0.4 is 15.1 Å². The first kappa shape index (κ1) is 32.7. The SMILES string of the molecule is CCOC(=O)c1ccc(N2C(=O)[C@H]3[C@H](c4ccc(Br)cc4)c4sc(=O)n(CC(=O)Nc5cccc(C(F)(F)F)c5)c4S[C@H]3C2=O)cc1. The minimum Gasteiger partial charge on any atom is -0.462 e. The number of carbonyl (C=O) groups excluding carboxylic acids is 4. The average molecular weight is 747 g/mol. The number of thiazole rings is 1. The summed E-state index contributed by atoms with van der Waals surface area (Å²) in [4.78, 5) is 67.6. The molecule has 0 bridgehead atoms. The van der Waals surface area contributed by atoms with Crippen LogP contribution in [0.3, 0.4) is 0 Å². The molecule has 3 heterocycles. The molecule has 47 heavy (non-hydrogen) atoms. The summed E-state index contributed by atoms with van der Waals surface area (Å²) < 4.78 is 46.6. The first-order chi connectivity index (χ1) is 22.4. The Morgan fingerprint density at radius 3 is 2.34 bits per heavy atom. The number of hydrogen-bond donors (Lipinski definition) is 1. The molecule has 0 radical (unpaired) electrons. The van der Waals surface area contributed by atoms with Crippen LogP contribution in [-0.4, -0.2) is 40.1 Å². The average Bonchev–Trinajstić information content (AvgIpc) is 3.47. The van der Waals surface area contributed by atoms with Gasteiger partial charge in [-0.3, -0.25) is 23.7 Å². The lowest BCUT2D eigenvalue weighted by Gasteiger charge is -2.30. The molecule has 1 fully saturated rings. The summed E-state index contributed by atoms with van der Waals surface area (Å²) in [5, 5.41) is 1.79. The molecule has 3 aromatic carbocycles. The summed E-state index contributed by atoms with van der Waals surface area (Å²) in [6.07, 6.45) is -4.61. The number of aromatic nitrogens is 1. The van der Waals surface area contributed by atoms with Crippen molar-refractivity contribution in [2.24, 2.45) is 5.92 Å². The molecule has 9 nitrogen and oxygen atoms in total. The standard InChI is InChI=1S/C32H23BrF3N3O6S2/c1-2-45-30(43)17-8-12-21(13-9-17)39-27(41)24-23(16-6-10-19(33)11-7-16)26-29(46-25(24)28(39)42)38(31(44)47-26)15-22(40)37-20-5-3-4-18(14-20)32(34,35)36/h3-14,23-25H,2,15H2,1H3,(H,37,40)/t23-,24-,25+/m0/s1. The van der Waals surface area contributed by atoms with E-state index in [2.05, 4.69) is 21.2 Å². The number of alkyl halides is 3. The van der Waals surface area contributed by atoms with Crippen LogP contribution in [0, 0.1) is 5.92 Å². The molecule has 1 aromatic heterocycles. The lowest BCUT2D eigenvalue weighted by molar-refractivity contribution is -0.137. The van der Waals surface area contributed by atoms with Gasteiger partial charge in [0.2, 0.25) is 17.7 Å². The van der Waals surface area contributed by atoms with Crippen molar-refractivity contribution in [2.75, 3.05) is 16.8 Å². The Hall–Kier alpha value is -4.21. The number of fused-ring (bicyclic) bond motifs is 2. The molecule has 4 aromatic rings. The molecule has 0 spiro atoms. The monoisotopic (exact) mass is 745 g/mol. The van der Waals surface area contributed by atoms with Crippen molar-refractivity contribution in [1.29, 1.82) is 0 Å². The van der Waals surface area contributed by atoms with Crippen LogP contribution in [0.4, 0.5) is 24.5 Å². The van der Waals surface area contributed by atoms with Crippen LogP contribution in [0.25, 0.3) is 0 Å². The van der Waals surface area contributed by atoms with Gasteiger partial charge in [0.25, 0.3) is 0 Å². The van der Waals surface area contributed by atoms with Crippen LogP contribution in [0.15, 0.2) is 87.1 Å². The molecule has 6 rings (SSSR count). The van der Waals surface area contributed by atoms with Crippen LogP contribution >= 0.6 is 39.0 Å². The second-order valence-electron chi connectivity index (χ2n) is 10.6. The van der Waals surface area contributed by atoms with Crippen molar-refractivity contribution in [3.05, 3.63) is 109 Å². The van der Waals surface area contributed by atoms with Gasteiger partial charge in [-0.15, -0.1) is 0 Å². The van der Waals surface area contributed by atoms with Gasteiger partial charge in [-0.2, -0.15) is 13.2 Å². The lowest BCUT2D eigenvalue weighted by Crippen LogP contribution is -2.33. The van der Waals surface area contributed by atoms with E-state index < -0.39 is 63.9 Å². The second kappa shape index (κ2) is 12.8. The molecule has 2 aliphatic heterocycles. The van der Waals surface area contributed by atoms with Crippen molar-refractivity contribution < 1.29 is 37.1 Å². The Morgan fingerprint density at radius 1 is 0.979 bits per heavy atom. The van der Waals surface area contributed by atoms with E-state index in [0.717, 1.165) is 50.7 Å². The zero-order valence-corrected chi connectivity index (χ0v) is 27.5. The molecule has 0 unspecified atom stereocenters. The molecule has 3 amide bonds. The number of esters is 1. The third kappa shape index (κ3) is 6.26. The number of imide groups is 1. The molecule has 0 aliphatic carbocycles. The third-order valence-electron chi connectivity index (χ3n) is 7.69. The summed E-state index contributed by atoms with van der Waals surface area (Å²) in [5.74, 6) is -3.90. The summed E-state index contributed by atoms with van der Waals surface area (Å²) >= 11 is 5.26. The topological polar surface area (TPSA) is 115 Å². The number of rotatable bonds is 7. The van der Waals surface area contributed by atoms with Crippen LogP contribution in [0.5, 0.6) is 0 Å². The fraction of sp³-hybridized carbons (Fsp3) is 0.219. The van der Waals surface area contributed by atoms with E-state index in [1.165, 1.54) is 34.9 Å². The number of anilines is 2. The van der Waals surface area contributed by atoms with Gasteiger partial charge >= 0.3 is 17.0 Å². The number of halogens is 4. The van der Waals surface area contributed by atoms with Gasteiger partial charge in [0.1, 0.15) is 11.8 Å². The molecule has 242 valence electrons. The molecular formula is C32H23BrF3N3O6S2. The highest BCUT2D eigenvalue weighted by molar-refractivity contribution is 9.10. The van der Waals surface area contributed by atoms with E-state index >= 15 is 0 Å². The van der Waals surface area contributed by atoms with E-state index in [1.54, 1.807) is 31.2 Å². The van der Waals surface area contributed by atoms with Gasteiger partial charge in [-0.25, -0.2) is 9.69 Å². The maximum atomic E-state index is 14.1. The maximum Gasteiger partial charge on any atom is 0.416 e. The fourth-order valence-corrected chi connectivity index (χ4v) is 8.65. The Balaban J connectivity index is 1.35. The number of nitrogens with one attached hydrogen (secondary N) is 1. The smallest absolute Gasteiger partial charge is 0.416 e. The number of amides is 3. The Morgan fingerprint density at radius 2 is 1.68 bits per heavy atom. The normalized spacial score (nSPS) is 18.9. The van der Waals surface area contributed by atoms with Gasteiger partial charge < -0.3 is 10.1 Å². The van der Waals surface area contributed by atoms with Crippen LogP contribution in [0.1, 0.15) is 39.2 Å². The first-order valence-electron chi connectivity index (χ1n) is 14.1. The minimum atomic E-state index is -4.61. The highest BCUT2D eigenvalue weighted by Crippen LogP contribution is 2.54. The van der Waals surface area contributed by atoms with E-state index in [9.17, 15) is 37.1 Å². The zero-order chi connectivity index (χ0) is 33.6. The molecular weight excluding hydrogens is 723 g/mol. The summed E-state index contributed by atoms with van der Waals surface area (Å²) in [6.45, 7) is 1.33. The number of carbonyl (C=O) groups is 4. The zero-order valence-electron chi connectivity index (χ0n) is 24.2. The van der Waals surface area contributed by atoms with Crippen molar-refractivity contribution in [3.63, 3.8) is 0 Å². The number of hydrogen-bond acceptors (Lipinski definition) is 8. The molecule has 2 aliphatic rings. The van der Waals surface area contributed by atoms with E-state index in [4.69, 9.17) is 4.74 Å². The number of thioether (sulfide) groups is 1. The van der Waals surface area contributed by atoms with Gasteiger partial charge in [0.05, 0.1) is 34.4 Å².